The van der Waals surface area contributed by atoms with Gasteiger partial charge in [0.2, 0.25) is 5.91 Å². The van der Waals surface area contributed by atoms with Crippen molar-refractivity contribution in [3.8, 4) is 0 Å². The van der Waals surface area contributed by atoms with Crippen LogP contribution in [0.15, 0.2) is 18.2 Å². The van der Waals surface area contributed by atoms with Gasteiger partial charge in [-0.3, -0.25) is 14.4 Å². The molecular formula is C19H23N3O3. The summed E-state index contributed by atoms with van der Waals surface area (Å²) in [5.74, 6) is 0.534. The number of nitrogens with one attached hydrogen (secondary N) is 1. The molecule has 3 aliphatic rings. The zero-order valence-electron chi connectivity index (χ0n) is 14.3. The van der Waals surface area contributed by atoms with Gasteiger partial charge in [-0.05, 0) is 36.8 Å². The lowest BCUT2D eigenvalue weighted by molar-refractivity contribution is -0.128. The maximum absolute atomic E-state index is 12.9. The second-order valence-corrected chi connectivity index (χ2v) is 7.20. The SMILES string of the molecule is O=C1NCc2cccc(C(=O)N3CCC(CN4CCCC4=O)CC3)c21. The molecule has 1 aromatic rings. The van der Waals surface area contributed by atoms with Gasteiger partial charge < -0.3 is 15.1 Å². The third kappa shape index (κ3) is 3.01. The zero-order valence-corrected chi connectivity index (χ0v) is 14.3. The average molecular weight is 341 g/mol. The van der Waals surface area contributed by atoms with Crippen LogP contribution < -0.4 is 5.32 Å². The van der Waals surface area contributed by atoms with Gasteiger partial charge in [0.15, 0.2) is 0 Å². The van der Waals surface area contributed by atoms with Crippen molar-refractivity contribution >= 4 is 17.7 Å². The second kappa shape index (κ2) is 6.50. The molecule has 2 saturated heterocycles. The molecule has 2 fully saturated rings. The van der Waals surface area contributed by atoms with Crippen LogP contribution in [0.3, 0.4) is 0 Å². The summed E-state index contributed by atoms with van der Waals surface area (Å²) in [6, 6.07) is 5.49. The third-order valence-corrected chi connectivity index (χ3v) is 5.60. The van der Waals surface area contributed by atoms with E-state index in [0.29, 0.717) is 43.1 Å². The van der Waals surface area contributed by atoms with Crippen molar-refractivity contribution in [1.82, 2.24) is 15.1 Å². The highest BCUT2D eigenvalue weighted by atomic mass is 16.2. The molecule has 0 atom stereocenters. The maximum Gasteiger partial charge on any atom is 0.254 e. The number of carbonyl (C=O) groups is 3. The van der Waals surface area contributed by atoms with E-state index in [2.05, 4.69) is 5.32 Å². The van der Waals surface area contributed by atoms with Crippen molar-refractivity contribution < 1.29 is 14.4 Å². The molecule has 4 rings (SSSR count). The fourth-order valence-corrected chi connectivity index (χ4v) is 4.16. The maximum atomic E-state index is 12.9. The molecule has 6 nitrogen and oxygen atoms in total. The average Bonchev–Trinajstić information content (AvgIpc) is 3.21. The van der Waals surface area contributed by atoms with E-state index in [-0.39, 0.29) is 17.7 Å². The van der Waals surface area contributed by atoms with Crippen molar-refractivity contribution in [3.63, 3.8) is 0 Å². The molecule has 0 bridgehead atoms. The summed E-state index contributed by atoms with van der Waals surface area (Å²) < 4.78 is 0. The van der Waals surface area contributed by atoms with Crippen molar-refractivity contribution in [2.24, 2.45) is 5.92 Å². The molecule has 0 aliphatic carbocycles. The first kappa shape index (κ1) is 16.1. The zero-order chi connectivity index (χ0) is 17.4. The van der Waals surface area contributed by atoms with Crippen LogP contribution in [0.25, 0.3) is 0 Å². The summed E-state index contributed by atoms with van der Waals surface area (Å²) in [6.07, 6.45) is 3.48. The number of piperidine rings is 1. The summed E-state index contributed by atoms with van der Waals surface area (Å²) in [4.78, 5) is 40.5. The standard InChI is InChI=1S/C19H23N3O3/c23-16-5-2-8-22(16)12-13-6-9-21(10-7-13)19(25)15-4-1-3-14-11-20-18(24)17(14)15/h1,3-4,13H,2,5-12H2,(H,20,24). The quantitative estimate of drug-likeness (QED) is 0.904. The minimum absolute atomic E-state index is 0.0513. The van der Waals surface area contributed by atoms with E-state index in [1.54, 1.807) is 6.07 Å². The van der Waals surface area contributed by atoms with Gasteiger partial charge >= 0.3 is 0 Å². The Bertz CT molecular complexity index is 723. The van der Waals surface area contributed by atoms with Crippen molar-refractivity contribution in [1.29, 1.82) is 0 Å². The topological polar surface area (TPSA) is 69.7 Å². The fourth-order valence-electron chi connectivity index (χ4n) is 4.16. The lowest BCUT2D eigenvalue weighted by Crippen LogP contribution is -2.42. The molecular weight excluding hydrogens is 318 g/mol. The number of likely N-dealkylation sites (tertiary alicyclic amines) is 2. The number of fused-ring (bicyclic) bond motifs is 1. The first-order chi connectivity index (χ1) is 12.1. The van der Waals surface area contributed by atoms with Gasteiger partial charge in [0.25, 0.3) is 11.8 Å². The van der Waals surface area contributed by atoms with E-state index in [4.69, 9.17) is 0 Å². The smallest absolute Gasteiger partial charge is 0.254 e. The lowest BCUT2D eigenvalue weighted by Gasteiger charge is -2.34. The van der Waals surface area contributed by atoms with Gasteiger partial charge in [-0.1, -0.05) is 12.1 Å². The van der Waals surface area contributed by atoms with Crippen LogP contribution in [0.4, 0.5) is 0 Å². The van der Waals surface area contributed by atoms with Crippen LogP contribution in [0.5, 0.6) is 0 Å². The summed E-state index contributed by atoms with van der Waals surface area (Å²) in [5, 5.41) is 2.79. The third-order valence-electron chi connectivity index (χ3n) is 5.60. The van der Waals surface area contributed by atoms with Gasteiger partial charge in [0, 0.05) is 39.1 Å². The molecule has 25 heavy (non-hydrogen) atoms. The van der Waals surface area contributed by atoms with Gasteiger partial charge in [-0.2, -0.15) is 0 Å². The van der Waals surface area contributed by atoms with E-state index in [0.717, 1.165) is 37.9 Å². The minimum Gasteiger partial charge on any atom is -0.348 e. The molecule has 0 aromatic heterocycles. The molecule has 3 heterocycles. The summed E-state index contributed by atoms with van der Waals surface area (Å²) in [6.45, 7) is 3.59. The van der Waals surface area contributed by atoms with Crippen molar-refractivity contribution in [2.75, 3.05) is 26.2 Å². The lowest BCUT2D eigenvalue weighted by atomic mass is 9.95. The van der Waals surface area contributed by atoms with Crippen LogP contribution in [-0.4, -0.2) is 53.7 Å². The van der Waals surface area contributed by atoms with E-state index in [9.17, 15) is 14.4 Å². The number of benzene rings is 1. The molecule has 1 N–H and O–H groups in total. The van der Waals surface area contributed by atoms with Crippen LogP contribution in [0, 0.1) is 5.92 Å². The Labute approximate surface area is 147 Å². The highest BCUT2D eigenvalue weighted by molar-refractivity contribution is 6.09. The second-order valence-electron chi connectivity index (χ2n) is 7.20. The predicted octanol–water partition coefficient (Wildman–Crippen LogP) is 1.40. The van der Waals surface area contributed by atoms with E-state index >= 15 is 0 Å². The molecule has 1 aromatic carbocycles. The summed E-state index contributed by atoms with van der Waals surface area (Å²) in [5.41, 5.74) is 1.95. The highest BCUT2D eigenvalue weighted by Crippen LogP contribution is 2.25. The van der Waals surface area contributed by atoms with Gasteiger partial charge in [-0.15, -0.1) is 0 Å². The Kier molecular flexibility index (Phi) is 4.19. The van der Waals surface area contributed by atoms with Crippen LogP contribution in [0.2, 0.25) is 0 Å². The number of carbonyl (C=O) groups excluding carboxylic acids is 3. The largest absolute Gasteiger partial charge is 0.348 e. The summed E-state index contributed by atoms with van der Waals surface area (Å²) in [7, 11) is 0. The molecule has 0 radical (unpaired) electrons. The van der Waals surface area contributed by atoms with Gasteiger partial charge in [-0.25, -0.2) is 0 Å². The molecule has 3 amide bonds. The monoisotopic (exact) mass is 341 g/mol. The molecule has 3 aliphatic heterocycles. The predicted molar refractivity (Wildman–Crippen MR) is 92.1 cm³/mol. The molecule has 6 heteroatoms. The molecule has 0 unspecified atom stereocenters. The normalized spacial score (nSPS) is 20.8. The minimum atomic E-state index is -0.151. The number of amides is 3. The van der Waals surface area contributed by atoms with Crippen LogP contribution >= 0.6 is 0 Å². The van der Waals surface area contributed by atoms with E-state index < -0.39 is 0 Å². The Balaban J connectivity index is 1.40. The molecule has 0 spiro atoms. The Hall–Kier alpha value is -2.37. The molecule has 132 valence electrons. The fraction of sp³-hybridized carbons (Fsp3) is 0.526. The van der Waals surface area contributed by atoms with E-state index in [1.807, 2.05) is 21.9 Å². The Morgan fingerprint density at radius 1 is 1.16 bits per heavy atom. The number of hydrogen-bond acceptors (Lipinski definition) is 3. The molecule has 0 saturated carbocycles. The number of hydrogen-bond donors (Lipinski definition) is 1. The highest BCUT2D eigenvalue weighted by Gasteiger charge is 2.31. The van der Waals surface area contributed by atoms with E-state index in [1.165, 1.54) is 0 Å². The van der Waals surface area contributed by atoms with Crippen molar-refractivity contribution in [2.45, 2.75) is 32.2 Å². The van der Waals surface area contributed by atoms with Crippen molar-refractivity contribution in [3.05, 3.63) is 34.9 Å². The Morgan fingerprint density at radius 2 is 1.96 bits per heavy atom. The first-order valence-electron chi connectivity index (χ1n) is 9.10. The first-order valence-corrected chi connectivity index (χ1v) is 9.10. The van der Waals surface area contributed by atoms with Crippen LogP contribution in [-0.2, 0) is 11.3 Å². The summed E-state index contributed by atoms with van der Waals surface area (Å²) >= 11 is 0. The van der Waals surface area contributed by atoms with Gasteiger partial charge in [0.05, 0.1) is 11.1 Å². The Morgan fingerprint density at radius 3 is 2.68 bits per heavy atom. The van der Waals surface area contributed by atoms with Crippen LogP contribution in [0.1, 0.15) is 52.0 Å². The number of rotatable bonds is 3. The number of nitrogens with zero attached hydrogens (tertiary/aromatic N) is 2. The van der Waals surface area contributed by atoms with Gasteiger partial charge in [0.1, 0.15) is 0 Å².